The van der Waals surface area contributed by atoms with E-state index in [1.807, 2.05) is 41.1 Å². The summed E-state index contributed by atoms with van der Waals surface area (Å²) in [5.74, 6) is 0.745. The number of halogens is 1. The number of hydrogen-bond donors (Lipinski definition) is 2. The maximum atomic E-state index is 12.9. The average molecular weight is 440 g/mol. The molecule has 1 aromatic heterocycles. The van der Waals surface area contributed by atoms with Crippen molar-refractivity contribution < 1.29 is 14.3 Å². The molecule has 30 heavy (non-hydrogen) atoms. The summed E-state index contributed by atoms with van der Waals surface area (Å²) in [5.41, 5.74) is 7.34. The van der Waals surface area contributed by atoms with Crippen molar-refractivity contribution in [1.82, 2.24) is 10.9 Å². The summed E-state index contributed by atoms with van der Waals surface area (Å²) < 4.78 is 5.97. The van der Waals surface area contributed by atoms with Gasteiger partial charge in [-0.05, 0) is 53.1 Å². The molecule has 152 valence electrons. The first-order valence-electron chi connectivity index (χ1n) is 9.20. The highest BCUT2D eigenvalue weighted by atomic mass is 35.5. The lowest BCUT2D eigenvalue weighted by Crippen LogP contribution is -2.48. The highest BCUT2D eigenvalue weighted by molar-refractivity contribution is 7.07. The number of nitrogens with one attached hydrogen (secondary N) is 2. The first-order valence-corrected chi connectivity index (χ1v) is 10.5. The molecule has 1 aliphatic rings. The fourth-order valence-corrected chi connectivity index (χ4v) is 3.86. The van der Waals surface area contributed by atoms with E-state index in [0.717, 1.165) is 11.1 Å². The van der Waals surface area contributed by atoms with E-state index in [1.165, 1.54) is 11.0 Å². The molecule has 4 rings (SSSR count). The molecular formula is C22H18ClN3O3S. The van der Waals surface area contributed by atoms with E-state index in [1.54, 1.807) is 35.6 Å². The number of ether oxygens (including phenoxy) is 1. The first kappa shape index (κ1) is 20.0. The van der Waals surface area contributed by atoms with E-state index < -0.39 is 11.9 Å². The molecule has 6 nitrogen and oxygen atoms in total. The van der Waals surface area contributed by atoms with Crippen molar-refractivity contribution in [2.45, 2.75) is 13.0 Å². The Hall–Kier alpha value is -3.29. The lowest BCUT2D eigenvalue weighted by Gasteiger charge is -2.22. The van der Waals surface area contributed by atoms with Gasteiger partial charge in [0, 0.05) is 16.7 Å². The second-order valence-electron chi connectivity index (χ2n) is 6.57. The Kier molecular flexibility index (Phi) is 6.02. The summed E-state index contributed by atoms with van der Waals surface area (Å²) in [6.07, 6.45) is 3.79. The minimum atomic E-state index is -0.501. The maximum Gasteiger partial charge on any atom is 0.341 e. The number of fused-ring (bicyclic) bond motifs is 2. The Morgan fingerprint density at radius 1 is 1.13 bits per heavy atom. The number of benzene rings is 2. The van der Waals surface area contributed by atoms with Crippen LogP contribution in [-0.4, -0.2) is 11.9 Å². The van der Waals surface area contributed by atoms with Crippen LogP contribution in [0.1, 0.15) is 11.1 Å². The second kappa shape index (κ2) is 9.02. The molecule has 0 radical (unpaired) electrons. The summed E-state index contributed by atoms with van der Waals surface area (Å²) in [5, 5.41) is 4.48. The van der Waals surface area contributed by atoms with Crippen molar-refractivity contribution in [3.05, 3.63) is 87.6 Å². The predicted molar refractivity (Wildman–Crippen MR) is 118 cm³/mol. The van der Waals surface area contributed by atoms with Gasteiger partial charge < -0.3 is 4.74 Å². The topological polar surface area (TPSA) is 70.7 Å². The van der Waals surface area contributed by atoms with Crippen LogP contribution in [0.2, 0.25) is 5.02 Å². The van der Waals surface area contributed by atoms with Crippen molar-refractivity contribution in [3.63, 3.8) is 0 Å². The number of hydrazine groups is 1. The third kappa shape index (κ3) is 4.64. The normalized spacial score (nSPS) is 12.5. The van der Waals surface area contributed by atoms with Gasteiger partial charge in [0.1, 0.15) is 5.75 Å². The van der Waals surface area contributed by atoms with Gasteiger partial charge in [0.2, 0.25) is 0 Å². The number of anilines is 1. The highest BCUT2D eigenvalue weighted by Crippen LogP contribution is 2.40. The smallest absolute Gasteiger partial charge is 0.341 e. The zero-order valence-corrected chi connectivity index (χ0v) is 17.4. The lowest BCUT2D eigenvalue weighted by atomic mass is 10.2. The number of hydrogen-bond acceptors (Lipinski definition) is 4. The third-order valence-electron chi connectivity index (χ3n) is 4.47. The summed E-state index contributed by atoms with van der Waals surface area (Å²) in [7, 11) is 0. The number of thiophene rings is 1. The van der Waals surface area contributed by atoms with Crippen LogP contribution in [0.5, 0.6) is 11.5 Å². The van der Waals surface area contributed by atoms with Crippen LogP contribution in [0.25, 0.3) is 0 Å². The Morgan fingerprint density at radius 2 is 2.00 bits per heavy atom. The lowest BCUT2D eigenvalue weighted by molar-refractivity contribution is -0.117. The van der Waals surface area contributed by atoms with Crippen LogP contribution >= 0.6 is 22.9 Å². The van der Waals surface area contributed by atoms with Crippen molar-refractivity contribution in [2.75, 3.05) is 4.90 Å². The Bertz CT molecular complexity index is 1100. The molecule has 0 unspecified atom stereocenters. The van der Waals surface area contributed by atoms with Gasteiger partial charge >= 0.3 is 6.03 Å². The SMILES string of the molecule is O=C(/C=C\Cc1ccsc1)NNC(=O)N1Cc2ccccc2Oc2ccc(Cl)cc21. The number of allylic oxidation sites excluding steroid dienone is 1. The molecule has 0 bridgehead atoms. The van der Waals surface area contributed by atoms with Gasteiger partial charge in [0.25, 0.3) is 5.91 Å². The van der Waals surface area contributed by atoms with Crippen LogP contribution in [0.4, 0.5) is 10.5 Å². The minimum absolute atomic E-state index is 0.263. The van der Waals surface area contributed by atoms with Gasteiger partial charge in [-0.25, -0.2) is 10.2 Å². The summed E-state index contributed by atoms with van der Waals surface area (Å²) >= 11 is 7.75. The van der Waals surface area contributed by atoms with E-state index in [9.17, 15) is 9.59 Å². The van der Waals surface area contributed by atoms with Crippen molar-refractivity contribution in [2.24, 2.45) is 0 Å². The molecule has 0 saturated carbocycles. The van der Waals surface area contributed by atoms with E-state index >= 15 is 0 Å². The van der Waals surface area contributed by atoms with Crippen LogP contribution in [0.3, 0.4) is 0 Å². The molecule has 0 aliphatic carbocycles. The average Bonchev–Trinajstić information content (AvgIpc) is 3.20. The largest absolute Gasteiger partial charge is 0.455 e. The third-order valence-corrected chi connectivity index (χ3v) is 5.44. The monoisotopic (exact) mass is 439 g/mol. The van der Waals surface area contributed by atoms with Gasteiger partial charge in [-0.2, -0.15) is 11.3 Å². The molecule has 0 spiro atoms. The van der Waals surface area contributed by atoms with Gasteiger partial charge in [0.15, 0.2) is 5.75 Å². The zero-order valence-electron chi connectivity index (χ0n) is 15.8. The number of para-hydroxylation sites is 1. The zero-order chi connectivity index (χ0) is 20.9. The fourth-order valence-electron chi connectivity index (χ4n) is 3.01. The number of carbonyl (C=O) groups excluding carboxylic acids is 2. The molecule has 2 aromatic carbocycles. The number of urea groups is 1. The van der Waals surface area contributed by atoms with Crippen LogP contribution in [-0.2, 0) is 17.8 Å². The molecule has 2 heterocycles. The van der Waals surface area contributed by atoms with Crippen molar-refractivity contribution in [1.29, 1.82) is 0 Å². The summed E-state index contributed by atoms with van der Waals surface area (Å²) in [6.45, 7) is 0.263. The molecule has 2 N–H and O–H groups in total. The van der Waals surface area contributed by atoms with Crippen LogP contribution in [0, 0.1) is 0 Å². The Labute approximate surface area is 182 Å². The number of amides is 3. The predicted octanol–water partition coefficient (Wildman–Crippen LogP) is 5.05. The van der Waals surface area contributed by atoms with Crippen molar-refractivity contribution in [3.8, 4) is 11.5 Å². The first-order chi connectivity index (χ1) is 14.6. The van der Waals surface area contributed by atoms with E-state index in [4.69, 9.17) is 16.3 Å². The Balaban J connectivity index is 1.46. The minimum Gasteiger partial charge on any atom is -0.455 e. The van der Waals surface area contributed by atoms with Crippen LogP contribution in [0.15, 0.2) is 71.4 Å². The van der Waals surface area contributed by atoms with Crippen molar-refractivity contribution >= 4 is 40.6 Å². The highest BCUT2D eigenvalue weighted by Gasteiger charge is 2.25. The van der Waals surface area contributed by atoms with E-state index in [-0.39, 0.29) is 6.54 Å². The number of carbonyl (C=O) groups is 2. The molecule has 0 atom stereocenters. The second-order valence-corrected chi connectivity index (χ2v) is 7.78. The standard InChI is InChI=1S/C22H18ClN3O3S/c23-17-8-9-20-18(12-17)26(13-16-5-1-2-6-19(16)29-20)22(28)25-24-21(27)7-3-4-15-10-11-30-14-15/h1-3,5-12,14H,4,13H2,(H,24,27)(H,25,28)/b7-3-. The molecule has 3 amide bonds. The van der Waals surface area contributed by atoms with Gasteiger partial charge in [-0.1, -0.05) is 35.9 Å². The summed E-state index contributed by atoms with van der Waals surface area (Å²) in [6, 6.07) is 14.0. The molecular weight excluding hydrogens is 422 g/mol. The molecule has 0 fully saturated rings. The molecule has 8 heteroatoms. The molecule has 0 saturated heterocycles. The number of rotatable bonds is 3. The summed E-state index contributed by atoms with van der Waals surface area (Å²) in [4.78, 5) is 26.4. The molecule has 3 aromatic rings. The van der Waals surface area contributed by atoms with Gasteiger partial charge in [0.05, 0.1) is 12.2 Å². The van der Waals surface area contributed by atoms with E-state index in [0.29, 0.717) is 28.6 Å². The van der Waals surface area contributed by atoms with Crippen LogP contribution < -0.4 is 20.5 Å². The number of nitrogens with zero attached hydrogens (tertiary/aromatic N) is 1. The van der Waals surface area contributed by atoms with Gasteiger partial charge in [-0.15, -0.1) is 0 Å². The molecule has 1 aliphatic heterocycles. The quantitative estimate of drug-likeness (QED) is 0.443. The van der Waals surface area contributed by atoms with E-state index in [2.05, 4.69) is 10.9 Å². The van der Waals surface area contributed by atoms with Gasteiger partial charge in [-0.3, -0.25) is 15.1 Å². The Morgan fingerprint density at radius 3 is 2.83 bits per heavy atom. The maximum absolute atomic E-state index is 12.9. The fraction of sp³-hybridized carbons (Fsp3) is 0.0909.